The van der Waals surface area contributed by atoms with Crippen LogP contribution >= 0.6 is 0 Å². The molecule has 0 saturated heterocycles. The summed E-state index contributed by atoms with van der Waals surface area (Å²) in [6.07, 6.45) is 3.57. The van der Waals surface area contributed by atoms with Crippen molar-refractivity contribution in [1.82, 2.24) is 4.98 Å². The summed E-state index contributed by atoms with van der Waals surface area (Å²) in [5, 5.41) is 2.68. The van der Waals surface area contributed by atoms with Gasteiger partial charge in [0.15, 0.2) is 0 Å². The van der Waals surface area contributed by atoms with Crippen molar-refractivity contribution < 1.29 is 0 Å². The van der Waals surface area contributed by atoms with E-state index in [1.807, 2.05) is 19.1 Å². The second kappa shape index (κ2) is 5.97. The smallest absolute Gasteiger partial charge is 0.0270 e. The van der Waals surface area contributed by atoms with Gasteiger partial charge in [0, 0.05) is 12.4 Å². The van der Waals surface area contributed by atoms with E-state index in [-0.39, 0.29) is 0 Å². The van der Waals surface area contributed by atoms with E-state index >= 15 is 0 Å². The van der Waals surface area contributed by atoms with Gasteiger partial charge in [-0.1, -0.05) is 42.5 Å². The molecular formula is C17H17N. The van der Waals surface area contributed by atoms with Gasteiger partial charge in [0.25, 0.3) is 0 Å². The third kappa shape index (κ3) is 3.17. The highest BCUT2D eigenvalue weighted by atomic mass is 14.6. The molecule has 1 aromatic heterocycles. The maximum absolute atomic E-state index is 3.85. The van der Waals surface area contributed by atoms with Crippen LogP contribution in [0.15, 0.2) is 67.0 Å². The van der Waals surface area contributed by atoms with E-state index in [0.29, 0.717) is 0 Å². The third-order valence-corrected chi connectivity index (χ3v) is 2.85. The lowest BCUT2D eigenvalue weighted by molar-refractivity contribution is 1.29. The van der Waals surface area contributed by atoms with Gasteiger partial charge < -0.3 is 0 Å². The Morgan fingerprint density at radius 2 is 1.39 bits per heavy atom. The Kier molecular flexibility index (Phi) is 4.08. The average molecular weight is 235 g/mol. The molecule has 3 rings (SSSR count). The molecule has 0 N–H and O–H groups in total. The summed E-state index contributed by atoms with van der Waals surface area (Å²) in [5.41, 5.74) is 2.61. The predicted octanol–water partition coefficient (Wildman–Crippen LogP) is 4.54. The Hall–Kier alpha value is -2.15. The van der Waals surface area contributed by atoms with E-state index in [2.05, 4.69) is 54.4 Å². The first-order chi connectivity index (χ1) is 8.77. The summed E-state index contributed by atoms with van der Waals surface area (Å²) in [6, 6.07) is 18.8. The number of aromatic nitrogens is 1. The van der Waals surface area contributed by atoms with Crippen molar-refractivity contribution in [2.75, 3.05) is 0 Å². The van der Waals surface area contributed by atoms with E-state index < -0.39 is 0 Å². The monoisotopic (exact) mass is 235 g/mol. The summed E-state index contributed by atoms with van der Waals surface area (Å²) in [7, 11) is 0. The highest BCUT2D eigenvalue weighted by Crippen LogP contribution is 2.16. The normalized spacial score (nSPS) is 9.67. The Morgan fingerprint density at radius 3 is 2.00 bits per heavy atom. The van der Waals surface area contributed by atoms with Crippen molar-refractivity contribution in [3.8, 4) is 0 Å². The van der Waals surface area contributed by atoms with E-state index in [1.165, 1.54) is 21.9 Å². The van der Waals surface area contributed by atoms with Gasteiger partial charge in [-0.05, 0) is 47.9 Å². The Balaban J connectivity index is 0.000000149. The zero-order chi connectivity index (χ0) is 12.8. The Morgan fingerprint density at radius 1 is 0.722 bits per heavy atom. The molecule has 2 aromatic carbocycles. The molecule has 0 atom stereocenters. The maximum atomic E-state index is 3.85. The van der Waals surface area contributed by atoms with Crippen LogP contribution in [0.5, 0.6) is 0 Å². The molecular weight excluding hydrogens is 218 g/mol. The quantitative estimate of drug-likeness (QED) is 0.557. The SMILES string of the molecule is Cc1cccc2ccccc12.Cc1ccncc1. The first-order valence-electron chi connectivity index (χ1n) is 6.08. The van der Waals surface area contributed by atoms with Crippen LogP contribution in [-0.4, -0.2) is 4.98 Å². The zero-order valence-electron chi connectivity index (χ0n) is 10.8. The summed E-state index contributed by atoms with van der Waals surface area (Å²) in [6.45, 7) is 4.18. The largest absolute Gasteiger partial charge is 0.265 e. The lowest BCUT2D eigenvalue weighted by Gasteiger charge is -1.98. The molecule has 0 amide bonds. The molecule has 0 aliphatic rings. The van der Waals surface area contributed by atoms with Gasteiger partial charge >= 0.3 is 0 Å². The number of pyridine rings is 1. The minimum Gasteiger partial charge on any atom is -0.265 e. The highest BCUT2D eigenvalue weighted by molar-refractivity contribution is 5.85. The summed E-state index contributed by atoms with van der Waals surface area (Å²) in [4.78, 5) is 3.85. The molecule has 0 aliphatic carbocycles. The number of nitrogens with zero attached hydrogens (tertiary/aromatic N) is 1. The molecule has 1 heteroatoms. The van der Waals surface area contributed by atoms with E-state index in [1.54, 1.807) is 12.4 Å². The number of benzene rings is 2. The second-order valence-corrected chi connectivity index (χ2v) is 4.32. The van der Waals surface area contributed by atoms with E-state index in [4.69, 9.17) is 0 Å². The summed E-state index contributed by atoms with van der Waals surface area (Å²) < 4.78 is 0. The number of hydrogen-bond donors (Lipinski definition) is 0. The number of aryl methyl sites for hydroxylation is 2. The van der Waals surface area contributed by atoms with E-state index in [9.17, 15) is 0 Å². The average Bonchev–Trinajstić information content (AvgIpc) is 2.41. The molecule has 1 heterocycles. The topological polar surface area (TPSA) is 12.9 Å². The van der Waals surface area contributed by atoms with Crippen LogP contribution in [0.1, 0.15) is 11.1 Å². The third-order valence-electron chi connectivity index (χ3n) is 2.85. The lowest BCUT2D eigenvalue weighted by Crippen LogP contribution is -1.75. The molecule has 18 heavy (non-hydrogen) atoms. The van der Waals surface area contributed by atoms with Crippen LogP contribution in [0.2, 0.25) is 0 Å². The first kappa shape index (κ1) is 12.3. The van der Waals surface area contributed by atoms with Crippen LogP contribution in [0.4, 0.5) is 0 Å². The molecule has 3 aromatic rings. The van der Waals surface area contributed by atoms with Crippen molar-refractivity contribution in [1.29, 1.82) is 0 Å². The zero-order valence-corrected chi connectivity index (χ0v) is 10.8. The maximum Gasteiger partial charge on any atom is 0.0270 e. The van der Waals surface area contributed by atoms with Crippen molar-refractivity contribution in [3.05, 3.63) is 78.1 Å². The number of hydrogen-bond acceptors (Lipinski definition) is 1. The first-order valence-corrected chi connectivity index (χ1v) is 6.08. The highest BCUT2D eigenvalue weighted by Gasteiger charge is 1.92. The molecule has 0 fully saturated rings. The number of rotatable bonds is 0. The molecule has 0 unspecified atom stereocenters. The van der Waals surface area contributed by atoms with Crippen molar-refractivity contribution >= 4 is 10.8 Å². The fourth-order valence-electron chi connectivity index (χ4n) is 1.81. The summed E-state index contributed by atoms with van der Waals surface area (Å²) >= 11 is 0. The van der Waals surface area contributed by atoms with Gasteiger partial charge in [0.05, 0.1) is 0 Å². The molecule has 90 valence electrons. The Bertz CT molecular complexity index is 609. The molecule has 0 aliphatic heterocycles. The van der Waals surface area contributed by atoms with Gasteiger partial charge in [-0.2, -0.15) is 0 Å². The van der Waals surface area contributed by atoms with Crippen LogP contribution in [0.25, 0.3) is 10.8 Å². The standard InChI is InChI=1S/C11H10.C6H7N/c1-9-5-4-7-10-6-2-3-8-11(9)10;1-6-2-4-7-5-3-6/h2-8H,1H3;2-5H,1H3. The van der Waals surface area contributed by atoms with Gasteiger partial charge in [-0.3, -0.25) is 4.98 Å². The lowest BCUT2D eigenvalue weighted by atomic mass is 10.1. The van der Waals surface area contributed by atoms with Gasteiger partial charge in [0.1, 0.15) is 0 Å². The van der Waals surface area contributed by atoms with Gasteiger partial charge in [-0.15, -0.1) is 0 Å². The minimum absolute atomic E-state index is 1.26. The van der Waals surface area contributed by atoms with Gasteiger partial charge in [-0.25, -0.2) is 0 Å². The fraction of sp³-hybridized carbons (Fsp3) is 0.118. The molecule has 0 radical (unpaired) electrons. The molecule has 0 spiro atoms. The van der Waals surface area contributed by atoms with Crippen molar-refractivity contribution in [2.45, 2.75) is 13.8 Å². The van der Waals surface area contributed by atoms with Crippen LogP contribution < -0.4 is 0 Å². The van der Waals surface area contributed by atoms with E-state index in [0.717, 1.165) is 0 Å². The van der Waals surface area contributed by atoms with Gasteiger partial charge in [0.2, 0.25) is 0 Å². The summed E-state index contributed by atoms with van der Waals surface area (Å²) in [5.74, 6) is 0. The minimum atomic E-state index is 1.26. The van der Waals surface area contributed by atoms with Crippen molar-refractivity contribution in [2.24, 2.45) is 0 Å². The van der Waals surface area contributed by atoms with Crippen molar-refractivity contribution in [3.63, 3.8) is 0 Å². The molecule has 0 bridgehead atoms. The van der Waals surface area contributed by atoms with Crippen LogP contribution in [-0.2, 0) is 0 Å². The van der Waals surface area contributed by atoms with Crippen LogP contribution in [0, 0.1) is 13.8 Å². The number of fused-ring (bicyclic) bond motifs is 1. The van der Waals surface area contributed by atoms with Crippen LogP contribution in [0.3, 0.4) is 0 Å². The fourth-order valence-corrected chi connectivity index (χ4v) is 1.81. The molecule has 0 saturated carbocycles. The molecule has 1 nitrogen and oxygen atoms in total. The Labute approximate surface area is 108 Å². The predicted molar refractivity (Wildman–Crippen MR) is 77.7 cm³/mol. The second-order valence-electron chi connectivity index (χ2n) is 4.32.